The van der Waals surface area contributed by atoms with Crippen LogP contribution in [0.5, 0.6) is 0 Å². The van der Waals surface area contributed by atoms with Gasteiger partial charge in [-0.1, -0.05) is 24.3 Å². The van der Waals surface area contributed by atoms with E-state index in [9.17, 15) is 14.0 Å². The number of hydrogen-bond donors (Lipinski definition) is 0. The molecule has 1 fully saturated rings. The van der Waals surface area contributed by atoms with E-state index >= 15 is 0 Å². The molecule has 3 heterocycles. The van der Waals surface area contributed by atoms with Crippen LogP contribution in [-0.4, -0.2) is 68.1 Å². The van der Waals surface area contributed by atoms with E-state index < -0.39 is 5.92 Å². The number of thiophene rings is 1. The second kappa shape index (κ2) is 10.2. The number of fused-ring (bicyclic) bond motifs is 1. The van der Waals surface area contributed by atoms with Crippen LogP contribution >= 0.6 is 11.3 Å². The Kier molecular flexibility index (Phi) is 6.83. The van der Waals surface area contributed by atoms with Crippen molar-refractivity contribution >= 4 is 28.8 Å². The van der Waals surface area contributed by atoms with E-state index in [1.165, 1.54) is 12.1 Å². The molecule has 8 heteroatoms. The molecule has 0 spiro atoms. The third kappa shape index (κ3) is 4.56. The number of carbonyl (C=O) groups excluding carboxylic acids is 2. The van der Waals surface area contributed by atoms with Crippen LogP contribution in [0.25, 0.3) is 0 Å². The van der Waals surface area contributed by atoms with Gasteiger partial charge in [-0.05, 0) is 47.3 Å². The number of carbonyl (C=O) groups is 2. The van der Waals surface area contributed by atoms with Crippen LogP contribution in [0.1, 0.15) is 32.8 Å². The van der Waals surface area contributed by atoms with Gasteiger partial charge >= 0.3 is 0 Å². The zero-order valence-electron chi connectivity index (χ0n) is 19.6. The summed E-state index contributed by atoms with van der Waals surface area (Å²) in [5.74, 6) is -0.784. The number of amides is 2. The molecule has 0 N–H and O–H groups in total. The normalized spacial score (nSPS) is 20.2. The molecule has 2 aromatic carbocycles. The molecule has 6 nitrogen and oxygen atoms in total. The predicted octanol–water partition coefficient (Wildman–Crippen LogP) is 4.16. The molecule has 2 aliphatic rings. The van der Waals surface area contributed by atoms with E-state index in [1.807, 2.05) is 46.7 Å². The average Bonchev–Trinajstić information content (AvgIpc) is 3.43. The summed E-state index contributed by atoms with van der Waals surface area (Å²) in [4.78, 5) is 34.5. The maximum Gasteiger partial charge on any atom is 0.254 e. The third-order valence-electron chi connectivity index (χ3n) is 6.86. The molecule has 0 unspecified atom stereocenters. The van der Waals surface area contributed by atoms with Crippen LogP contribution in [0, 0.1) is 5.82 Å². The molecule has 0 bridgehead atoms. The lowest BCUT2D eigenvalue weighted by atomic mass is 9.81. The maximum atomic E-state index is 14.1. The Morgan fingerprint density at radius 1 is 1.03 bits per heavy atom. The number of benzene rings is 2. The summed E-state index contributed by atoms with van der Waals surface area (Å²) < 4.78 is 18.6. The van der Waals surface area contributed by atoms with E-state index in [1.54, 1.807) is 35.5 Å². The molecule has 5 rings (SSSR count). The van der Waals surface area contributed by atoms with E-state index in [-0.39, 0.29) is 23.7 Å². The number of halogens is 1. The highest BCUT2D eigenvalue weighted by Gasteiger charge is 2.46. The predicted molar refractivity (Wildman–Crippen MR) is 134 cm³/mol. The van der Waals surface area contributed by atoms with Gasteiger partial charge in [-0.2, -0.15) is 0 Å². The SMILES string of the molecule is COCCN1C(=O)c2ccccc2[C@@H](C(=O)N2CCN(c3ccc(F)cc3)CC2)[C@@H]1c1cccs1. The first-order chi connectivity index (χ1) is 17.1. The summed E-state index contributed by atoms with van der Waals surface area (Å²) in [6.45, 7) is 3.28. The Bertz CT molecular complexity index is 1180. The van der Waals surface area contributed by atoms with Gasteiger partial charge in [-0.15, -0.1) is 11.3 Å². The lowest BCUT2D eigenvalue weighted by Crippen LogP contribution is -2.53. The highest BCUT2D eigenvalue weighted by atomic mass is 32.1. The summed E-state index contributed by atoms with van der Waals surface area (Å²) in [6, 6.07) is 17.5. The van der Waals surface area contributed by atoms with Crippen LogP contribution < -0.4 is 4.90 Å². The van der Waals surface area contributed by atoms with Gasteiger partial charge in [-0.3, -0.25) is 9.59 Å². The molecule has 3 aromatic rings. The molecule has 1 aromatic heterocycles. The Hall–Kier alpha value is -3.23. The van der Waals surface area contributed by atoms with Gasteiger partial charge in [0.25, 0.3) is 5.91 Å². The highest BCUT2D eigenvalue weighted by molar-refractivity contribution is 7.10. The molecular formula is C27H28FN3O3S. The van der Waals surface area contributed by atoms with Crippen molar-refractivity contribution in [1.82, 2.24) is 9.80 Å². The minimum absolute atomic E-state index is 0.0320. The van der Waals surface area contributed by atoms with E-state index in [2.05, 4.69) is 4.90 Å². The van der Waals surface area contributed by atoms with Crippen molar-refractivity contribution < 1.29 is 18.7 Å². The lowest BCUT2D eigenvalue weighted by molar-refractivity contribution is -0.135. The molecule has 1 saturated heterocycles. The summed E-state index contributed by atoms with van der Waals surface area (Å²) in [6.07, 6.45) is 0. The standard InChI is InChI=1S/C27H28FN3O3S/c1-34-17-16-31-25(23-7-4-18-35-23)24(21-5-2-3-6-22(21)26(31)32)27(33)30-14-12-29(13-15-30)20-10-8-19(28)9-11-20/h2-11,18,24-25H,12-17H2,1H3/t24-,25+/m1/s1. The van der Waals surface area contributed by atoms with Crippen molar-refractivity contribution in [1.29, 1.82) is 0 Å². The van der Waals surface area contributed by atoms with Gasteiger partial charge in [0.15, 0.2) is 0 Å². The number of nitrogens with zero attached hydrogens (tertiary/aromatic N) is 3. The van der Waals surface area contributed by atoms with E-state index in [4.69, 9.17) is 4.74 Å². The second-order valence-electron chi connectivity index (χ2n) is 8.81. The van der Waals surface area contributed by atoms with Crippen LogP contribution in [-0.2, 0) is 9.53 Å². The van der Waals surface area contributed by atoms with Crippen LogP contribution in [0.3, 0.4) is 0 Å². The summed E-state index contributed by atoms with van der Waals surface area (Å²) in [5.41, 5.74) is 2.32. The van der Waals surface area contributed by atoms with Crippen molar-refractivity contribution in [3.05, 3.63) is 87.9 Å². The fraction of sp³-hybridized carbons (Fsp3) is 0.333. The monoisotopic (exact) mass is 493 g/mol. The van der Waals surface area contributed by atoms with Crippen molar-refractivity contribution in [3.63, 3.8) is 0 Å². The van der Waals surface area contributed by atoms with Crippen molar-refractivity contribution in [2.24, 2.45) is 0 Å². The van der Waals surface area contributed by atoms with Gasteiger partial charge < -0.3 is 19.4 Å². The molecule has 182 valence electrons. The quantitative estimate of drug-likeness (QED) is 0.518. The first-order valence-electron chi connectivity index (χ1n) is 11.8. The average molecular weight is 494 g/mol. The number of rotatable bonds is 6. The minimum atomic E-state index is -0.489. The van der Waals surface area contributed by atoms with Crippen molar-refractivity contribution in [2.45, 2.75) is 12.0 Å². The van der Waals surface area contributed by atoms with Gasteiger partial charge in [0, 0.05) is 56.0 Å². The maximum absolute atomic E-state index is 14.1. The van der Waals surface area contributed by atoms with Crippen molar-refractivity contribution in [2.75, 3.05) is 51.3 Å². The highest BCUT2D eigenvalue weighted by Crippen LogP contribution is 2.45. The minimum Gasteiger partial charge on any atom is -0.383 e. The van der Waals surface area contributed by atoms with Crippen LogP contribution in [0.15, 0.2) is 66.0 Å². The molecule has 2 amide bonds. The zero-order chi connectivity index (χ0) is 24.4. The number of anilines is 1. The fourth-order valence-electron chi connectivity index (χ4n) is 5.10. The van der Waals surface area contributed by atoms with Crippen LogP contribution in [0.4, 0.5) is 10.1 Å². The van der Waals surface area contributed by atoms with Crippen LogP contribution in [0.2, 0.25) is 0 Å². The molecule has 2 aliphatic heterocycles. The molecular weight excluding hydrogens is 465 g/mol. The van der Waals surface area contributed by atoms with E-state index in [0.717, 1.165) is 16.1 Å². The third-order valence-corrected chi connectivity index (χ3v) is 7.80. The Morgan fingerprint density at radius 3 is 2.46 bits per heavy atom. The Balaban J connectivity index is 1.45. The number of methoxy groups -OCH3 is 1. The van der Waals surface area contributed by atoms with Gasteiger partial charge in [-0.25, -0.2) is 4.39 Å². The fourth-order valence-corrected chi connectivity index (χ4v) is 5.98. The Morgan fingerprint density at radius 2 is 1.77 bits per heavy atom. The summed E-state index contributed by atoms with van der Waals surface area (Å²) in [7, 11) is 1.62. The number of ether oxygens (including phenoxy) is 1. The molecule has 35 heavy (non-hydrogen) atoms. The van der Waals surface area contributed by atoms with E-state index in [0.29, 0.717) is 44.9 Å². The first kappa shape index (κ1) is 23.5. The van der Waals surface area contributed by atoms with Gasteiger partial charge in [0.05, 0.1) is 18.6 Å². The largest absolute Gasteiger partial charge is 0.383 e. The molecule has 0 radical (unpaired) electrons. The van der Waals surface area contributed by atoms with Gasteiger partial charge in [0.1, 0.15) is 5.82 Å². The zero-order valence-corrected chi connectivity index (χ0v) is 20.4. The number of piperazine rings is 1. The first-order valence-corrected chi connectivity index (χ1v) is 12.7. The topological polar surface area (TPSA) is 53.1 Å². The second-order valence-corrected chi connectivity index (χ2v) is 9.78. The summed E-state index contributed by atoms with van der Waals surface area (Å²) in [5, 5.41) is 1.98. The van der Waals surface area contributed by atoms with Crippen molar-refractivity contribution in [3.8, 4) is 0 Å². The number of hydrogen-bond acceptors (Lipinski definition) is 5. The van der Waals surface area contributed by atoms with Gasteiger partial charge in [0.2, 0.25) is 5.91 Å². The molecule has 0 saturated carbocycles. The lowest BCUT2D eigenvalue weighted by Gasteiger charge is -2.44. The summed E-state index contributed by atoms with van der Waals surface area (Å²) >= 11 is 1.57. The molecule has 2 atom stereocenters. The molecule has 0 aliphatic carbocycles. The Labute approximate surface area is 208 Å². The smallest absolute Gasteiger partial charge is 0.254 e.